The Morgan fingerprint density at radius 3 is 2.52 bits per heavy atom. The minimum absolute atomic E-state index is 0.340. The van der Waals surface area contributed by atoms with Gasteiger partial charge in [0.25, 0.3) is 0 Å². The zero-order valence-electron chi connectivity index (χ0n) is 15.1. The molecule has 1 aliphatic heterocycles. The van der Waals surface area contributed by atoms with Gasteiger partial charge < -0.3 is 9.52 Å². The van der Waals surface area contributed by atoms with Gasteiger partial charge in [-0.25, -0.2) is 0 Å². The summed E-state index contributed by atoms with van der Waals surface area (Å²) in [5, 5.41) is 12.6. The van der Waals surface area contributed by atoms with Crippen LogP contribution in [0.5, 0.6) is 5.75 Å². The van der Waals surface area contributed by atoms with Crippen LogP contribution < -0.4 is 0 Å². The second-order valence-electron chi connectivity index (χ2n) is 7.16. The van der Waals surface area contributed by atoms with Gasteiger partial charge in [0.1, 0.15) is 16.9 Å². The minimum Gasteiger partial charge on any atom is -0.508 e. The standard InChI is InChI=1S/C24H21NO2/c26-22-15-21-20-8-4-5-9-23(20)27-24(21)14-19(22)16-25-12-10-18(11-13-25)17-6-2-1-3-7-17/h1-10,14-15,26H,11-13,16H2. The van der Waals surface area contributed by atoms with E-state index in [0.29, 0.717) is 5.75 Å². The van der Waals surface area contributed by atoms with Crippen LogP contribution in [0.2, 0.25) is 0 Å². The molecule has 0 radical (unpaired) electrons. The lowest BCUT2D eigenvalue weighted by atomic mass is 9.99. The van der Waals surface area contributed by atoms with Gasteiger partial charge in [0, 0.05) is 36.0 Å². The summed E-state index contributed by atoms with van der Waals surface area (Å²) < 4.78 is 5.97. The number of phenolic OH excluding ortho intramolecular Hbond substituents is 1. The van der Waals surface area contributed by atoms with E-state index in [9.17, 15) is 5.11 Å². The van der Waals surface area contributed by atoms with Gasteiger partial charge in [0.15, 0.2) is 0 Å². The van der Waals surface area contributed by atoms with Crippen LogP contribution in [0, 0.1) is 0 Å². The van der Waals surface area contributed by atoms with E-state index in [-0.39, 0.29) is 0 Å². The first-order valence-electron chi connectivity index (χ1n) is 9.38. The molecule has 4 aromatic rings. The van der Waals surface area contributed by atoms with Gasteiger partial charge in [-0.1, -0.05) is 54.6 Å². The fraction of sp³-hybridized carbons (Fsp3) is 0.167. The highest BCUT2D eigenvalue weighted by Crippen LogP contribution is 2.34. The Kier molecular flexibility index (Phi) is 3.95. The van der Waals surface area contributed by atoms with Crippen LogP contribution >= 0.6 is 0 Å². The SMILES string of the molecule is Oc1cc2c(cc1CN1CC=C(c3ccccc3)CC1)oc1ccccc12. The molecule has 0 saturated carbocycles. The van der Waals surface area contributed by atoms with Crippen LogP contribution in [0.1, 0.15) is 17.5 Å². The highest BCUT2D eigenvalue weighted by atomic mass is 16.3. The summed E-state index contributed by atoms with van der Waals surface area (Å²) in [6.07, 6.45) is 3.33. The Hall–Kier alpha value is -3.04. The highest BCUT2D eigenvalue weighted by Gasteiger charge is 2.16. The smallest absolute Gasteiger partial charge is 0.136 e. The van der Waals surface area contributed by atoms with E-state index in [1.165, 1.54) is 11.1 Å². The summed E-state index contributed by atoms with van der Waals surface area (Å²) in [5.74, 6) is 0.340. The van der Waals surface area contributed by atoms with E-state index in [4.69, 9.17) is 4.42 Å². The number of benzene rings is 3. The van der Waals surface area contributed by atoms with Crippen molar-refractivity contribution in [1.82, 2.24) is 4.90 Å². The van der Waals surface area contributed by atoms with Crippen LogP contribution in [-0.4, -0.2) is 23.1 Å². The Morgan fingerprint density at radius 2 is 1.70 bits per heavy atom. The van der Waals surface area contributed by atoms with E-state index in [1.807, 2.05) is 36.4 Å². The predicted octanol–water partition coefficient (Wildman–Crippen LogP) is 5.58. The quantitative estimate of drug-likeness (QED) is 0.521. The normalized spacial score (nSPS) is 15.3. The first-order valence-corrected chi connectivity index (χ1v) is 9.38. The van der Waals surface area contributed by atoms with Crippen LogP contribution in [0.15, 0.2) is 77.2 Å². The molecule has 1 N–H and O–H groups in total. The molecule has 0 unspecified atom stereocenters. The van der Waals surface area contributed by atoms with Crippen molar-refractivity contribution in [2.75, 3.05) is 13.1 Å². The summed E-state index contributed by atoms with van der Waals surface area (Å²) >= 11 is 0. The molecule has 0 bridgehead atoms. The molecule has 0 spiro atoms. The lowest BCUT2D eigenvalue weighted by molar-refractivity contribution is 0.289. The highest BCUT2D eigenvalue weighted by molar-refractivity contribution is 6.05. The summed E-state index contributed by atoms with van der Waals surface area (Å²) in [6.45, 7) is 2.59. The van der Waals surface area contributed by atoms with Crippen LogP contribution in [0.3, 0.4) is 0 Å². The Labute approximate surface area is 158 Å². The van der Waals surface area contributed by atoms with E-state index in [1.54, 1.807) is 0 Å². The molecule has 0 aliphatic carbocycles. The van der Waals surface area contributed by atoms with Crippen LogP contribution in [-0.2, 0) is 6.54 Å². The number of para-hydroxylation sites is 1. The number of rotatable bonds is 3. The molecule has 3 aromatic carbocycles. The van der Waals surface area contributed by atoms with Crippen molar-refractivity contribution < 1.29 is 9.52 Å². The first-order chi connectivity index (χ1) is 13.3. The molecule has 2 heterocycles. The third-order valence-corrected chi connectivity index (χ3v) is 5.41. The Morgan fingerprint density at radius 1 is 0.889 bits per heavy atom. The maximum atomic E-state index is 10.6. The molecule has 3 heteroatoms. The predicted molar refractivity (Wildman–Crippen MR) is 110 cm³/mol. The average molecular weight is 355 g/mol. The lowest BCUT2D eigenvalue weighted by Gasteiger charge is -2.26. The summed E-state index contributed by atoms with van der Waals surface area (Å²) in [4.78, 5) is 2.36. The number of furan rings is 1. The van der Waals surface area contributed by atoms with Crippen molar-refractivity contribution >= 4 is 27.5 Å². The third-order valence-electron chi connectivity index (χ3n) is 5.41. The van der Waals surface area contributed by atoms with Gasteiger partial charge in [-0.2, -0.15) is 0 Å². The number of aromatic hydroxyl groups is 1. The van der Waals surface area contributed by atoms with Gasteiger partial charge in [0.2, 0.25) is 0 Å². The molecule has 0 saturated heterocycles. The van der Waals surface area contributed by atoms with Gasteiger partial charge in [-0.15, -0.1) is 0 Å². The molecule has 5 rings (SSSR count). The third kappa shape index (κ3) is 3.00. The summed E-state index contributed by atoms with van der Waals surface area (Å²) in [7, 11) is 0. The van der Waals surface area contributed by atoms with E-state index in [2.05, 4.69) is 41.3 Å². The molecular formula is C24H21NO2. The number of fused-ring (bicyclic) bond motifs is 3. The Balaban J connectivity index is 1.40. The fourth-order valence-electron chi connectivity index (χ4n) is 3.94. The van der Waals surface area contributed by atoms with Crippen molar-refractivity contribution in [3.8, 4) is 5.75 Å². The molecule has 0 atom stereocenters. The van der Waals surface area contributed by atoms with Crippen molar-refractivity contribution in [2.45, 2.75) is 13.0 Å². The molecule has 1 aromatic heterocycles. The lowest BCUT2D eigenvalue weighted by Crippen LogP contribution is -2.28. The average Bonchev–Trinajstić information content (AvgIpc) is 3.07. The van der Waals surface area contributed by atoms with Crippen molar-refractivity contribution in [3.05, 3.63) is 83.9 Å². The van der Waals surface area contributed by atoms with Crippen LogP contribution in [0.25, 0.3) is 27.5 Å². The zero-order chi connectivity index (χ0) is 18.2. The molecular weight excluding hydrogens is 334 g/mol. The topological polar surface area (TPSA) is 36.6 Å². The second kappa shape index (κ2) is 6.60. The van der Waals surface area contributed by atoms with Crippen molar-refractivity contribution in [3.63, 3.8) is 0 Å². The van der Waals surface area contributed by atoms with E-state index >= 15 is 0 Å². The molecule has 0 fully saturated rings. The number of phenols is 1. The fourth-order valence-corrected chi connectivity index (χ4v) is 3.94. The monoisotopic (exact) mass is 355 g/mol. The number of hydrogen-bond acceptors (Lipinski definition) is 3. The first kappa shape index (κ1) is 16.2. The van der Waals surface area contributed by atoms with Gasteiger partial charge in [0.05, 0.1) is 0 Å². The maximum Gasteiger partial charge on any atom is 0.136 e. The number of hydrogen-bond donors (Lipinski definition) is 1. The molecule has 27 heavy (non-hydrogen) atoms. The maximum absolute atomic E-state index is 10.6. The van der Waals surface area contributed by atoms with Crippen molar-refractivity contribution in [1.29, 1.82) is 0 Å². The largest absolute Gasteiger partial charge is 0.508 e. The van der Waals surface area contributed by atoms with Crippen molar-refractivity contribution in [2.24, 2.45) is 0 Å². The molecule has 0 amide bonds. The van der Waals surface area contributed by atoms with E-state index < -0.39 is 0 Å². The van der Waals surface area contributed by atoms with Gasteiger partial charge >= 0.3 is 0 Å². The Bertz CT molecular complexity index is 1140. The second-order valence-corrected chi connectivity index (χ2v) is 7.16. The van der Waals surface area contributed by atoms with Crippen LogP contribution in [0.4, 0.5) is 0 Å². The summed E-state index contributed by atoms with van der Waals surface area (Å²) in [6, 6.07) is 22.3. The summed E-state index contributed by atoms with van der Waals surface area (Å²) in [5.41, 5.74) is 5.32. The minimum atomic E-state index is 0.340. The van der Waals surface area contributed by atoms with Gasteiger partial charge in [-0.05, 0) is 35.8 Å². The van der Waals surface area contributed by atoms with Gasteiger partial charge in [-0.3, -0.25) is 4.90 Å². The molecule has 3 nitrogen and oxygen atoms in total. The molecule has 1 aliphatic rings. The number of nitrogens with zero attached hydrogens (tertiary/aromatic N) is 1. The van der Waals surface area contributed by atoms with E-state index in [0.717, 1.165) is 53.6 Å². The molecule has 134 valence electrons. The zero-order valence-corrected chi connectivity index (χ0v) is 15.1.